The molecule has 1 aromatic carbocycles. The summed E-state index contributed by atoms with van der Waals surface area (Å²) in [4.78, 5) is 16.1. The number of benzene rings is 1. The van der Waals surface area contributed by atoms with E-state index in [1.807, 2.05) is 19.9 Å². The molecule has 0 fully saturated rings. The van der Waals surface area contributed by atoms with Crippen molar-refractivity contribution in [1.29, 1.82) is 0 Å². The van der Waals surface area contributed by atoms with Crippen LogP contribution < -0.4 is 11.4 Å². The number of fused-ring (bicyclic) bond motifs is 1. The topological polar surface area (TPSA) is 68.6 Å². The number of amidine groups is 1. The monoisotopic (exact) mass is 338 g/mol. The summed E-state index contributed by atoms with van der Waals surface area (Å²) < 4.78 is 5.24. The molecule has 0 radical (unpaired) electrons. The van der Waals surface area contributed by atoms with Crippen LogP contribution in [-0.4, -0.2) is 11.2 Å². The van der Waals surface area contributed by atoms with E-state index in [1.165, 1.54) is 17.8 Å². The first-order valence-electron chi connectivity index (χ1n) is 7.09. The zero-order valence-electron chi connectivity index (χ0n) is 12.9. The number of aliphatic imine (C=N–C) groups is 1. The molecule has 0 unspecified atom stereocenters. The molecule has 0 amide bonds. The van der Waals surface area contributed by atoms with Crippen molar-refractivity contribution in [1.82, 2.24) is 0 Å². The maximum atomic E-state index is 11.7. The molecule has 0 spiro atoms. The van der Waals surface area contributed by atoms with Crippen molar-refractivity contribution in [2.24, 2.45) is 10.7 Å². The van der Waals surface area contributed by atoms with E-state index in [-0.39, 0.29) is 11.7 Å². The molecule has 2 rings (SSSR count). The van der Waals surface area contributed by atoms with Gasteiger partial charge in [-0.25, -0.2) is 4.79 Å². The number of hydrogen-bond acceptors (Lipinski definition) is 4. The molecule has 0 bridgehead atoms. The summed E-state index contributed by atoms with van der Waals surface area (Å²) in [5.41, 5.74) is 7.81. The lowest BCUT2D eigenvalue weighted by Crippen LogP contribution is -2.11. The highest BCUT2D eigenvalue weighted by Gasteiger charge is 2.09. The van der Waals surface area contributed by atoms with E-state index < -0.39 is 0 Å². The molecular formula is C16H19ClN2O2S. The standard InChI is InChI=1S/C16H19ClN2O2S/c1-4-10(3)19-16(18)22-8-11-6-15(20)21-14-5-9(2)13(17)7-12(11)14/h5-7,10H,4,8H2,1-3H3,(H2,18,19)/t10-/m1/s1. The number of thioether (sulfide) groups is 1. The largest absolute Gasteiger partial charge is 0.423 e. The lowest BCUT2D eigenvalue weighted by Gasteiger charge is -2.08. The summed E-state index contributed by atoms with van der Waals surface area (Å²) in [6.45, 7) is 5.95. The first kappa shape index (κ1) is 16.9. The summed E-state index contributed by atoms with van der Waals surface area (Å²) in [6.07, 6.45) is 0.938. The maximum absolute atomic E-state index is 11.7. The van der Waals surface area contributed by atoms with Crippen molar-refractivity contribution in [3.63, 3.8) is 0 Å². The third-order valence-corrected chi connectivity index (χ3v) is 4.69. The lowest BCUT2D eigenvalue weighted by atomic mass is 10.1. The van der Waals surface area contributed by atoms with E-state index in [4.69, 9.17) is 21.8 Å². The Balaban J connectivity index is 2.33. The quantitative estimate of drug-likeness (QED) is 0.517. The van der Waals surface area contributed by atoms with Gasteiger partial charge in [0, 0.05) is 28.3 Å². The highest BCUT2D eigenvalue weighted by Crippen LogP contribution is 2.27. The van der Waals surface area contributed by atoms with Crippen LogP contribution in [0.2, 0.25) is 5.02 Å². The average molecular weight is 339 g/mol. The fourth-order valence-corrected chi connectivity index (χ4v) is 2.93. The molecule has 0 saturated carbocycles. The summed E-state index contributed by atoms with van der Waals surface area (Å²) >= 11 is 7.59. The Morgan fingerprint density at radius 1 is 1.45 bits per heavy atom. The Labute approximate surface area is 138 Å². The minimum Gasteiger partial charge on any atom is -0.423 e. The Morgan fingerprint density at radius 3 is 2.86 bits per heavy atom. The third-order valence-electron chi connectivity index (χ3n) is 3.42. The fourth-order valence-electron chi connectivity index (χ4n) is 1.97. The second-order valence-corrected chi connectivity index (χ2v) is 6.60. The fraction of sp³-hybridized carbons (Fsp3) is 0.375. The van der Waals surface area contributed by atoms with Gasteiger partial charge in [0.1, 0.15) is 5.58 Å². The maximum Gasteiger partial charge on any atom is 0.336 e. The highest BCUT2D eigenvalue weighted by molar-refractivity contribution is 8.13. The summed E-state index contributed by atoms with van der Waals surface area (Å²) in [5, 5.41) is 2.00. The van der Waals surface area contributed by atoms with E-state index in [0.717, 1.165) is 22.9 Å². The first-order chi connectivity index (χ1) is 10.4. The number of halogens is 1. The van der Waals surface area contributed by atoms with Gasteiger partial charge in [0.05, 0.1) is 0 Å². The van der Waals surface area contributed by atoms with E-state index in [1.54, 1.807) is 6.07 Å². The van der Waals surface area contributed by atoms with Gasteiger partial charge in [-0.1, -0.05) is 30.3 Å². The van der Waals surface area contributed by atoms with Gasteiger partial charge in [-0.05, 0) is 43.5 Å². The van der Waals surface area contributed by atoms with Gasteiger partial charge < -0.3 is 10.2 Å². The number of nitrogens with two attached hydrogens (primary N) is 1. The van der Waals surface area contributed by atoms with Crippen molar-refractivity contribution in [2.45, 2.75) is 39.0 Å². The molecule has 1 heterocycles. The van der Waals surface area contributed by atoms with E-state index in [9.17, 15) is 4.79 Å². The Morgan fingerprint density at radius 2 is 2.18 bits per heavy atom. The van der Waals surface area contributed by atoms with Gasteiger partial charge in [-0.15, -0.1) is 0 Å². The molecule has 4 nitrogen and oxygen atoms in total. The van der Waals surface area contributed by atoms with Crippen LogP contribution in [0.15, 0.2) is 32.4 Å². The SMILES string of the molecule is CC[C@@H](C)N=C(N)SCc1cc(=O)oc2cc(C)c(Cl)cc12. The van der Waals surface area contributed by atoms with Crippen molar-refractivity contribution >= 4 is 39.5 Å². The number of nitrogens with zero attached hydrogens (tertiary/aromatic N) is 1. The van der Waals surface area contributed by atoms with Crippen LogP contribution in [0, 0.1) is 6.92 Å². The summed E-state index contributed by atoms with van der Waals surface area (Å²) in [7, 11) is 0. The Bertz CT molecular complexity index is 771. The molecule has 0 saturated heterocycles. The predicted octanol–water partition coefficient (Wildman–Crippen LogP) is 4.10. The van der Waals surface area contributed by atoms with Crippen molar-refractivity contribution in [3.05, 3.63) is 44.8 Å². The van der Waals surface area contributed by atoms with Gasteiger partial charge in [-0.2, -0.15) is 0 Å². The molecular weight excluding hydrogens is 320 g/mol. The minimum atomic E-state index is -0.373. The zero-order chi connectivity index (χ0) is 16.3. The van der Waals surface area contributed by atoms with E-state index >= 15 is 0 Å². The van der Waals surface area contributed by atoms with Crippen LogP contribution in [0.4, 0.5) is 0 Å². The number of aryl methyl sites for hydroxylation is 1. The molecule has 2 N–H and O–H groups in total. The van der Waals surface area contributed by atoms with Crippen LogP contribution >= 0.6 is 23.4 Å². The summed E-state index contributed by atoms with van der Waals surface area (Å²) in [6, 6.07) is 5.29. The lowest BCUT2D eigenvalue weighted by molar-refractivity contribution is 0.559. The molecule has 2 aromatic rings. The van der Waals surface area contributed by atoms with Crippen LogP contribution in [0.1, 0.15) is 31.4 Å². The van der Waals surface area contributed by atoms with E-state index in [2.05, 4.69) is 11.9 Å². The van der Waals surface area contributed by atoms with Crippen LogP contribution in [0.3, 0.4) is 0 Å². The van der Waals surface area contributed by atoms with Gasteiger partial charge >= 0.3 is 5.63 Å². The first-order valence-corrected chi connectivity index (χ1v) is 8.46. The number of rotatable bonds is 4. The van der Waals surface area contributed by atoms with Gasteiger partial charge in [0.2, 0.25) is 0 Å². The number of hydrogen-bond donors (Lipinski definition) is 1. The van der Waals surface area contributed by atoms with Crippen LogP contribution in [0.5, 0.6) is 0 Å². The average Bonchev–Trinajstić information content (AvgIpc) is 2.46. The highest BCUT2D eigenvalue weighted by atomic mass is 35.5. The smallest absolute Gasteiger partial charge is 0.336 e. The molecule has 6 heteroatoms. The Hall–Kier alpha value is -1.46. The minimum absolute atomic E-state index is 0.196. The molecule has 0 aliphatic heterocycles. The second kappa shape index (κ2) is 7.20. The second-order valence-electron chi connectivity index (χ2n) is 5.20. The van der Waals surface area contributed by atoms with Crippen LogP contribution in [0.25, 0.3) is 11.0 Å². The molecule has 0 aliphatic carbocycles. The summed E-state index contributed by atoms with van der Waals surface area (Å²) in [5.74, 6) is 0.549. The molecule has 118 valence electrons. The molecule has 1 aromatic heterocycles. The third kappa shape index (κ3) is 4.05. The molecule has 1 atom stereocenters. The van der Waals surface area contributed by atoms with Crippen molar-refractivity contribution in [2.75, 3.05) is 0 Å². The van der Waals surface area contributed by atoms with Crippen molar-refractivity contribution < 1.29 is 4.42 Å². The van der Waals surface area contributed by atoms with Gasteiger partial charge in [-0.3, -0.25) is 4.99 Å². The Kier molecular flexibility index (Phi) is 5.53. The predicted molar refractivity (Wildman–Crippen MR) is 94.9 cm³/mol. The van der Waals surface area contributed by atoms with E-state index in [0.29, 0.717) is 21.5 Å². The zero-order valence-corrected chi connectivity index (χ0v) is 14.4. The van der Waals surface area contributed by atoms with Crippen molar-refractivity contribution in [3.8, 4) is 0 Å². The van der Waals surface area contributed by atoms with Crippen LogP contribution in [-0.2, 0) is 5.75 Å². The molecule has 22 heavy (non-hydrogen) atoms. The normalized spacial score (nSPS) is 13.5. The van der Waals surface area contributed by atoms with Gasteiger partial charge in [0.25, 0.3) is 0 Å². The molecule has 0 aliphatic rings. The van der Waals surface area contributed by atoms with Gasteiger partial charge in [0.15, 0.2) is 5.17 Å².